The monoisotopic (exact) mass is 291 g/mol. The molecule has 0 aliphatic heterocycles. The van der Waals surface area contributed by atoms with Gasteiger partial charge in [0.15, 0.2) is 9.84 Å². The molecule has 0 heterocycles. The summed E-state index contributed by atoms with van der Waals surface area (Å²) in [5.41, 5.74) is 0.427. The Bertz CT molecular complexity index is 620. The van der Waals surface area contributed by atoms with E-state index in [0.717, 1.165) is 12.5 Å². The Hall–Kier alpha value is -1.08. The smallest absolute Gasteiger partial charge is 0.177 e. The second-order valence-electron chi connectivity index (χ2n) is 4.41. The van der Waals surface area contributed by atoms with Gasteiger partial charge in [-0.1, -0.05) is 12.1 Å². The Kier molecular flexibility index (Phi) is 4.39. The molecule has 1 aromatic carbocycles. The van der Waals surface area contributed by atoms with Gasteiger partial charge in [-0.2, -0.15) is 0 Å². The molecule has 0 saturated heterocycles. The fraction of sp³-hybridized carbons (Fsp3) is 0.455. The number of benzene rings is 1. The number of anilines is 1. The van der Waals surface area contributed by atoms with Crippen LogP contribution in [0.15, 0.2) is 29.2 Å². The number of rotatable bonds is 5. The minimum absolute atomic E-state index is 0.0505. The molecule has 1 unspecified atom stereocenters. The van der Waals surface area contributed by atoms with Crippen LogP contribution in [0.1, 0.15) is 6.92 Å². The van der Waals surface area contributed by atoms with Gasteiger partial charge < -0.3 is 5.32 Å². The topological polar surface area (TPSA) is 80.3 Å². The third-order valence-electron chi connectivity index (χ3n) is 2.24. The Morgan fingerprint density at radius 1 is 1.11 bits per heavy atom. The molecular weight excluding hydrogens is 274 g/mol. The molecule has 0 saturated carbocycles. The van der Waals surface area contributed by atoms with Crippen LogP contribution in [0.25, 0.3) is 0 Å². The minimum atomic E-state index is -3.33. The van der Waals surface area contributed by atoms with Crippen LogP contribution < -0.4 is 5.32 Å². The molecule has 1 rings (SSSR count). The van der Waals surface area contributed by atoms with E-state index >= 15 is 0 Å². The van der Waals surface area contributed by atoms with Gasteiger partial charge in [0, 0.05) is 18.6 Å². The predicted octanol–water partition coefficient (Wildman–Crippen LogP) is 0.935. The largest absolute Gasteiger partial charge is 0.381 e. The molecule has 0 aliphatic carbocycles. The molecule has 7 heteroatoms. The van der Waals surface area contributed by atoms with E-state index in [0.29, 0.717) is 5.69 Å². The molecule has 0 spiro atoms. The summed E-state index contributed by atoms with van der Waals surface area (Å²) in [4.78, 5) is 0.172. The summed E-state index contributed by atoms with van der Waals surface area (Å²) in [5.74, 6) is -0.0505. The van der Waals surface area contributed by atoms with Crippen molar-refractivity contribution < 1.29 is 16.8 Å². The molecule has 0 amide bonds. The first-order valence-electron chi connectivity index (χ1n) is 5.33. The highest BCUT2D eigenvalue weighted by molar-refractivity contribution is 7.91. The average Bonchev–Trinajstić information content (AvgIpc) is 2.13. The van der Waals surface area contributed by atoms with Gasteiger partial charge in [0.1, 0.15) is 9.84 Å². The summed E-state index contributed by atoms with van der Waals surface area (Å²) in [6.45, 7) is 1.69. The van der Waals surface area contributed by atoms with Crippen molar-refractivity contribution in [3.05, 3.63) is 24.3 Å². The lowest BCUT2D eigenvalue weighted by Gasteiger charge is -2.16. The van der Waals surface area contributed by atoms with E-state index < -0.39 is 19.7 Å². The second kappa shape index (κ2) is 5.27. The van der Waals surface area contributed by atoms with Crippen molar-refractivity contribution in [2.75, 3.05) is 23.6 Å². The molecule has 0 aliphatic rings. The second-order valence-corrected chi connectivity index (χ2v) is 8.58. The molecule has 0 bridgehead atoms. The summed E-state index contributed by atoms with van der Waals surface area (Å²) < 4.78 is 45.4. The van der Waals surface area contributed by atoms with Crippen LogP contribution >= 0.6 is 0 Å². The zero-order valence-electron chi connectivity index (χ0n) is 10.5. The van der Waals surface area contributed by atoms with E-state index in [9.17, 15) is 16.8 Å². The van der Waals surface area contributed by atoms with Gasteiger partial charge in [0.05, 0.1) is 16.3 Å². The molecule has 5 nitrogen and oxygen atoms in total. The first-order valence-corrected chi connectivity index (χ1v) is 9.28. The normalized spacial score (nSPS) is 14.2. The third-order valence-corrected chi connectivity index (χ3v) is 4.50. The molecule has 1 aromatic rings. The number of para-hydroxylation sites is 1. The molecule has 1 N–H and O–H groups in total. The van der Waals surface area contributed by atoms with Crippen molar-refractivity contribution in [1.29, 1.82) is 0 Å². The SMILES string of the molecule is CC(CS(C)(=O)=O)Nc1ccccc1S(C)(=O)=O. The van der Waals surface area contributed by atoms with E-state index in [-0.39, 0.29) is 16.7 Å². The van der Waals surface area contributed by atoms with Crippen LogP contribution in [0, 0.1) is 0 Å². The third kappa shape index (κ3) is 4.66. The van der Waals surface area contributed by atoms with Crippen LogP contribution in [-0.4, -0.2) is 41.1 Å². The van der Waals surface area contributed by atoms with Crippen LogP contribution in [0.2, 0.25) is 0 Å². The first-order chi connectivity index (χ1) is 8.09. The van der Waals surface area contributed by atoms with E-state index in [1.54, 1.807) is 25.1 Å². The molecule has 0 fully saturated rings. The van der Waals surface area contributed by atoms with Gasteiger partial charge in [-0.25, -0.2) is 16.8 Å². The number of nitrogens with one attached hydrogen (secondary N) is 1. The van der Waals surface area contributed by atoms with Crippen LogP contribution in [0.5, 0.6) is 0 Å². The number of hydrogen-bond donors (Lipinski definition) is 1. The lowest BCUT2D eigenvalue weighted by Crippen LogP contribution is -2.25. The number of hydrogen-bond acceptors (Lipinski definition) is 5. The summed E-state index contributed by atoms with van der Waals surface area (Å²) in [6.07, 6.45) is 2.27. The first kappa shape index (κ1) is 15.0. The molecule has 0 aromatic heterocycles. The highest BCUT2D eigenvalue weighted by Crippen LogP contribution is 2.21. The van der Waals surface area contributed by atoms with Crippen molar-refractivity contribution in [3.63, 3.8) is 0 Å². The molecule has 0 radical (unpaired) electrons. The fourth-order valence-corrected chi connectivity index (χ4v) is 3.51. The van der Waals surface area contributed by atoms with Gasteiger partial charge in [-0.3, -0.25) is 0 Å². The van der Waals surface area contributed by atoms with Crippen molar-refractivity contribution in [1.82, 2.24) is 0 Å². The van der Waals surface area contributed by atoms with Gasteiger partial charge in [-0.05, 0) is 19.1 Å². The van der Waals surface area contributed by atoms with E-state index in [1.807, 2.05) is 0 Å². The maximum Gasteiger partial charge on any atom is 0.177 e. The van der Waals surface area contributed by atoms with E-state index in [2.05, 4.69) is 5.32 Å². The molecular formula is C11H17NO4S2. The Morgan fingerprint density at radius 3 is 2.17 bits per heavy atom. The van der Waals surface area contributed by atoms with Gasteiger partial charge in [0.25, 0.3) is 0 Å². The zero-order valence-corrected chi connectivity index (χ0v) is 12.2. The Balaban J connectivity index is 2.99. The molecule has 18 heavy (non-hydrogen) atoms. The van der Waals surface area contributed by atoms with Gasteiger partial charge in [0.2, 0.25) is 0 Å². The summed E-state index contributed by atoms with van der Waals surface area (Å²) in [5, 5.41) is 2.92. The van der Waals surface area contributed by atoms with Gasteiger partial charge >= 0.3 is 0 Å². The molecule has 102 valence electrons. The van der Waals surface area contributed by atoms with Crippen molar-refractivity contribution in [2.45, 2.75) is 17.9 Å². The fourth-order valence-electron chi connectivity index (χ4n) is 1.67. The minimum Gasteiger partial charge on any atom is -0.381 e. The quantitative estimate of drug-likeness (QED) is 0.873. The van der Waals surface area contributed by atoms with Crippen LogP contribution in [0.4, 0.5) is 5.69 Å². The van der Waals surface area contributed by atoms with E-state index in [4.69, 9.17) is 0 Å². The van der Waals surface area contributed by atoms with Crippen molar-refractivity contribution in [3.8, 4) is 0 Å². The maximum atomic E-state index is 11.6. The van der Waals surface area contributed by atoms with E-state index in [1.165, 1.54) is 6.07 Å². The van der Waals surface area contributed by atoms with Crippen molar-refractivity contribution >= 4 is 25.4 Å². The molecule has 1 atom stereocenters. The number of sulfone groups is 2. The Morgan fingerprint density at radius 2 is 1.67 bits per heavy atom. The Labute approximate surface area is 108 Å². The summed E-state index contributed by atoms with van der Waals surface area (Å²) in [7, 11) is -6.44. The van der Waals surface area contributed by atoms with Crippen LogP contribution in [-0.2, 0) is 19.7 Å². The zero-order chi connectivity index (χ0) is 14.0. The highest BCUT2D eigenvalue weighted by atomic mass is 32.2. The maximum absolute atomic E-state index is 11.6. The highest BCUT2D eigenvalue weighted by Gasteiger charge is 2.16. The summed E-state index contributed by atoms with van der Waals surface area (Å²) in [6, 6.07) is 6.08. The van der Waals surface area contributed by atoms with Crippen LogP contribution in [0.3, 0.4) is 0 Å². The average molecular weight is 291 g/mol. The summed E-state index contributed by atoms with van der Waals surface area (Å²) >= 11 is 0. The van der Waals surface area contributed by atoms with Gasteiger partial charge in [-0.15, -0.1) is 0 Å². The van der Waals surface area contributed by atoms with Crippen molar-refractivity contribution in [2.24, 2.45) is 0 Å². The lowest BCUT2D eigenvalue weighted by atomic mass is 10.3. The standard InChI is InChI=1S/C11H17NO4S2/c1-9(8-17(2,13)14)12-10-6-4-5-7-11(10)18(3,15)16/h4-7,9,12H,8H2,1-3H3. The lowest BCUT2D eigenvalue weighted by molar-refractivity contribution is 0.598. The predicted molar refractivity (Wildman–Crippen MR) is 72.3 cm³/mol.